The third-order valence-electron chi connectivity index (χ3n) is 4.15. The number of hydrogen-bond acceptors (Lipinski definition) is 5. The molecule has 0 aliphatic carbocycles. The van der Waals surface area contributed by atoms with E-state index < -0.39 is 5.97 Å². The molecule has 6 nitrogen and oxygen atoms in total. The minimum atomic E-state index is -0.398. The number of ether oxygens (including phenoxy) is 1. The van der Waals surface area contributed by atoms with Crippen molar-refractivity contribution in [2.75, 3.05) is 24.7 Å². The van der Waals surface area contributed by atoms with Gasteiger partial charge < -0.3 is 9.64 Å². The fraction of sp³-hybridized carbons (Fsp3) is 0.316. The van der Waals surface area contributed by atoms with Crippen LogP contribution in [-0.2, 0) is 9.53 Å². The molecule has 136 valence electrons. The molecule has 0 radical (unpaired) electrons. The molecular formula is C19H20N2O4S. The Morgan fingerprint density at radius 2 is 2.00 bits per heavy atom. The molecule has 26 heavy (non-hydrogen) atoms. The molecular weight excluding hydrogens is 352 g/mol. The summed E-state index contributed by atoms with van der Waals surface area (Å²) in [6.45, 7) is 2.91. The van der Waals surface area contributed by atoms with Gasteiger partial charge in [0, 0.05) is 18.7 Å². The summed E-state index contributed by atoms with van der Waals surface area (Å²) < 4.78 is 4.99. The van der Waals surface area contributed by atoms with Gasteiger partial charge in [-0.25, -0.2) is 4.79 Å². The number of rotatable bonds is 6. The van der Waals surface area contributed by atoms with Gasteiger partial charge in [-0.05, 0) is 49.1 Å². The maximum atomic E-state index is 12.9. The van der Waals surface area contributed by atoms with Gasteiger partial charge in [0.15, 0.2) is 0 Å². The number of amides is 2. The van der Waals surface area contributed by atoms with Crippen molar-refractivity contribution in [2.24, 2.45) is 0 Å². The van der Waals surface area contributed by atoms with Gasteiger partial charge in [0.05, 0.1) is 17.0 Å². The van der Waals surface area contributed by atoms with Gasteiger partial charge in [0.25, 0.3) is 5.91 Å². The summed E-state index contributed by atoms with van der Waals surface area (Å²) in [5.41, 5.74) is 1.06. The molecule has 1 aromatic carbocycles. The van der Waals surface area contributed by atoms with Crippen LogP contribution in [0.1, 0.15) is 39.8 Å². The molecule has 2 heterocycles. The van der Waals surface area contributed by atoms with Crippen LogP contribution in [0, 0.1) is 0 Å². The van der Waals surface area contributed by atoms with Crippen LogP contribution in [0.25, 0.3) is 0 Å². The molecule has 0 atom stereocenters. The van der Waals surface area contributed by atoms with Crippen LogP contribution < -0.4 is 4.90 Å². The fourth-order valence-corrected chi connectivity index (χ4v) is 3.48. The second-order valence-electron chi connectivity index (χ2n) is 5.88. The molecule has 2 amide bonds. The molecule has 1 aliphatic heterocycles. The van der Waals surface area contributed by atoms with Crippen molar-refractivity contribution in [1.82, 2.24) is 4.90 Å². The number of hydrogen-bond donors (Lipinski definition) is 0. The quantitative estimate of drug-likeness (QED) is 0.731. The Kier molecular flexibility index (Phi) is 5.68. The summed E-state index contributed by atoms with van der Waals surface area (Å²) in [6.07, 6.45) is 1.32. The van der Waals surface area contributed by atoms with Gasteiger partial charge in [-0.15, -0.1) is 11.3 Å². The summed E-state index contributed by atoms with van der Waals surface area (Å²) in [5, 5.41) is 1.84. The van der Waals surface area contributed by atoms with E-state index in [1.807, 2.05) is 11.4 Å². The first kappa shape index (κ1) is 18.1. The molecule has 0 unspecified atom stereocenters. The second-order valence-corrected chi connectivity index (χ2v) is 6.83. The Balaban J connectivity index is 1.86. The van der Waals surface area contributed by atoms with Gasteiger partial charge in [-0.1, -0.05) is 6.07 Å². The monoisotopic (exact) mass is 372 g/mol. The van der Waals surface area contributed by atoms with E-state index in [2.05, 4.69) is 0 Å². The Morgan fingerprint density at radius 3 is 2.58 bits per heavy atom. The van der Waals surface area contributed by atoms with Gasteiger partial charge in [-0.2, -0.15) is 0 Å². The average Bonchev–Trinajstić information content (AvgIpc) is 3.32. The number of esters is 1. The zero-order chi connectivity index (χ0) is 18.5. The van der Waals surface area contributed by atoms with Crippen LogP contribution >= 0.6 is 11.3 Å². The lowest BCUT2D eigenvalue weighted by Gasteiger charge is -2.27. The van der Waals surface area contributed by atoms with Crippen molar-refractivity contribution in [3.8, 4) is 0 Å². The highest BCUT2D eigenvalue weighted by Crippen LogP contribution is 2.23. The van der Waals surface area contributed by atoms with Crippen LogP contribution in [0.15, 0.2) is 41.8 Å². The van der Waals surface area contributed by atoms with E-state index in [1.54, 1.807) is 47.1 Å². The third-order valence-corrected chi connectivity index (χ3v) is 5.01. The summed E-state index contributed by atoms with van der Waals surface area (Å²) in [5.74, 6) is -0.509. The maximum absolute atomic E-state index is 12.9. The highest BCUT2D eigenvalue weighted by Gasteiger charge is 2.27. The normalized spacial score (nSPS) is 13.7. The minimum Gasteiger partial charge on any atom is -0.462 e. The summed E-state index contributed by atoms with van der Waals surface area (Å²) in [6, 6.07) is 10.3. The smallest absolute Gasteiger partial charge is 0.338 e. The Hall–Kier alpha value is -2.67. The molecule has 1 aliphatic rings. The lowest BCUT2D eigenvalue weighted by atomic mass is 10.2. The third kappa shape index (κ3) is 3.94. The summed E-state index contributed by atoms with van der Waals surface area (Å²) in [4.78, 5) is 40.6. The molecule has 0 bridgehead atoms. The van der Waals surface area contributed by atoms with Crippen molar-refractivity contribution < 1.29 is 19.1 Å². The zero-order valence-electron chi connectivity index (χ0n) is 14.5. The number of likely N-dealkylation sites (tertiary alicyclic amines) is 1. The number of benzene rings is 1. The lowest BCUT2D eigenvalue weighted by molar-refractivity contribution is -0.127. The summed E-state index contributed by atoms with van der Waals surface area (Å²) >= 11 is 1.36. The van der Waals surface area contributed by atoms with E-state index in [9.17, 15) is 14.4 Å². The Bertz CT molecular complexity index is 786. The fourth-order valence-electron chi connectivity index (χ4n) is 2.81. The van der Waals surface area contributed by atoms with Gasteiger partial charge in [-0.3, -0.25) is 14.5 Å². The van der Waals surface area contributed by atoms with Crippen LogP contribution in [0.5, 0.6) is 0 Å². The molecule has 3 rings (SSSR count). The first-order chi connectivity index (χ1) is 12.6. The maximum Gasteiger partial charge on any atom is 0.338 e. The molecule has 0 N–H and O–H groups in total. The highest BCUT2D eigenvalue weighted by molar-refractivity contribution is 7.12. The number of anilines is 1. The van der Waals surface area contributed by atoms with E-state index in [0.29, 0.717) is 35.7 Å². The highest BCUT2D eigenvalue weighted by atomic mass is 32.1. The Morgan fingerprint density at radius 1 is 1.23 bits per heavy atom. The number of thiophene rings is 1. The number of nitrogens with zero attached hydrogens (tertiary/aromatic N) is 2. The number of carbonyl (C=O) groups is 3. The molecule has 0 saturated carbocycles. The van der Waals surface area contributed by atoms with Crippen LogP contribution in [0.2, 0.25) is 0 Å². The predicted molar refractivity (Wildman–Crippen MR) is 99.3 cm³/mol. The SMILES string of the molecule is CCOC(=O)c1ccc(N(CN2CCCC2=O)C(=O)c2cccs2)cc1. The van der Waals surface area contributed by atoms with E-state index >= 15 is 0 Å². The van der Waals surface area contributed by atoms with Crippen molar-refractivity contribution in [3.05, 3.63) is 52.2 Å². The first-order valence-corrected chi connectivity index (χ1v) is 9.38. The average molecular weight is 372 g/mol. The molecule has 2 aromatic rings. The van der Waals surface area contributed by atoms with Crippen LogP contribution in [0.3, 0.4) is 0 Å². The van der Waals surface area contributed by atoms with E-state index in [4.69, 9.17) is 4.74 Å². The van der Waals surface area contributed by atoms with Crippen molar-refractivity contribution in [1.29, 1.82) is 0 Å². The second kappa shape index (κ2) is 8.14. The number of carbonyl (C=O) groups excluding carboxylic acids is 3. The molecule has 1 aromatic heterocycles. The topological polar surface area (TPSA) is 66.9 Å². The van der Waals surface area contributed by atoms with Gasteiger partial charge >= 0.3 is 5.97 Å². The largest absolute Gasteiger partial charge is 0.462 e. The Labute approximate surface area is 156 Å². The van der Waals surface area contributed by atoms with Crippen molar-refractivity contribution >= 4 is 34.8 Å². The van der Waals surface area contributed by atoms with Crippen molar-refractivity contribution in [2.45, 2.75) is 19.8 Å². The molecule has 0 spiro atoms. The standard InChI is InChI=1S/C19H20N2O4S/c1-2-25-19(24)14-7-9-15(10-8-14)21(13-20-11-3-6-17(20)22)18(23)16-5-4-12-26-16/h4-5,7-10,12H,2-3,6,11,13H2,1H3. The predicted octanol–water partition coefficient (Wildman–Crippen LogP) is 3.15. The lowest BCUT2D eigenvalue weighted by Crippen LogP contribution is -2.42. The van der Waals surface area contributed by atoms with Gasteiger partial charge in [0.2, 0.25) is 5.91 Å². The van der Waals surface area contributed by atoms with Crippen LogP contribution in [-0.4, -0.2) is 42.5 Å². The van der Waals surface area contributed by atoms with E-state index in [0.717, 1.165) is 6.42 Å². The van der Waals surface area contributed by atoms with Gasteiger partial charge in [0.1, 0.15) is 6.67 Å². The summed E-state index contributed by atoms with van der Waals surface area (Å²) in [7, 11) is 0. The zero-order valence-corrected chi connectivity index (χ0v) is 15.3. The first-order valence-electron chi connectivity index (χ1n) is 8.50. The minimum absolute atomic E-state index is 0.0529. The van der Waals surface area contributed by atoms with Crippen LogP contribution in [0.4, 0.5) is 5.69 Å². The molecule has 7 heteroatoms. The molecule has 1 saturated heterocycles. The molecule has 1 fully saturated rings. The van der Waals surface area contributed by atoms with E-state index in [1.165, 1.54) is 11.3 Å². The van der Waals surface area contributed by atoms with Crippen molar-refractivity contribution in [3.63, 3.8) is 0 Å². The van der Waals surface area contributed by atoms with E-state index in [-0.39, 0.29) is 18.5 Å².